The number of benzene rings is 1. The minimum absolute atomic E-state index is 0.0436. The van der Waals surface area contributed by atoms with E-state index < -0.39 is 11.7 Å². The summed E-state index contributed by atoms with van der Waals surface area (Å²) >= 11 is 24.8. The predicted octanol–water partition coefficient (Wildman–Crippen LogP) is 6.22. The predicted molar refractivity (Wildman–Crippen MR) is 106 cm³/mol. The fraction of sp³-hybridized carbons (Fsp3) is 0.0625. The summed E-state index contributed by atoms with van der Waals surface area (Å²) in [7, 11) is 1.38. The summed E-state index contributed by atoms with van der Waals surface area (Å²) in [4.78, 5) is 20.5. The second kappa shape index (κ2) is 8.16. The van der Waals surface area contributed by atoms with Gasteiger partial charge in [-0.25, -0.2) is 14.4 Å². The van der Waals surface area contributed by atoms with Gasteiger partial charge in [0, 0.05) is 10.9 Å². The van der Waals surface area contributed by atoms with Crippen molar-refractivity contribution in [2.75, 3.05) is 12.4 Å². The van der Waals surface area contributed by atoms with Crippen molar-refractivity contribution < 1.29 is 13.9 Å². The number of halogens is 5. The van der Waals surface area contributed by atoms with Crippen molar-refractivity contribution >= 4 is 68.8 Å². The molecule has 27 heavy (non-hydrogen) atoms. The van der Waals surface area contributed by atoms with Gasteiger partial charge >= 0.3 is 0 Å². The molecule has 1 aromatic carbocycles. The molecule has 0 aliphatic carbocycles. The highest BCUT2D eigenvalue weighted by Crippen LogP contribution is 2.36. The highest BCUT2D eigenvalue weighted by atomic mass is 35.5. The van der Waals surface area contributed by atoms with Gasteiger partial charge in [0.2, 0.25) is 0 Å². The van der Waals surface area contributed by atoms with E-state index in [4.69, 9.17) is 51.1 Å². The molecule has 0 unspecified atom stereocenters. The van der Waals surface area contributed by atoms with Crippen LogP contribution in [0.15, 0.2) is 23.6 Å². The molecule has 140 valence electrons. The van der Waals surface area contributed by atoms with E-state index >= 15 is 0 Å². The number of aromatic nitrogens is 2. The summed E-state index contributed by atoms with van der Waals surface area (Å²) in [5.74, 6) is -1.06. The van der Waals surface area contributed by atoms with Gasteiger partial charge < -0.3 is 4.74 Å². The molecule has 2 aromatic heterocycles. The molecule has 0 aliphatic heterocycles. The fourth-order valence-corrected chi connectivity index (χ4v) is 3.61. The Labute approximate surface area is 177 Å². The Hall–Kier alpha value is -1.64. The summed E-state index contributed by atoms with van der Waals surface area (Å²) in [6, 6.07) is 4.43. The van der Waals surface area contributed by atoms with Gasteiger partial charge in [0.25, 0.3) is 5.91 Å². The Morgan fingerprint density at radius 2 is 1.89 bits per heavy atom. The number of anilines is 1. The molecule has 0 atom stereocenters. The van der Waals surface area contributed by atoms with Crippen molar-refractivity contribution in [2.24, 2.45) is 0 Å². The van der Waals surface area contributed by atoms with Gasteiger partial charge in [0.15, 0.2) is 22.4 Å². The van der Waals surface area contributed by atoms with E-state index in [9.17, 15) is 9.18 Å². The van der Waals surface area contributed by atoms with Crippen LogP contribution in [0.1, 0.15) is 10.5 Å². The van der Waals surface area contributed by atoms with Crippen LogP contribution in [0.4, 0.5) is 9.52 Å². The zero-order valence-electron chi connectivity index (χ0n) is 13.3. The molecule has 2 heterocycles. The highest BCUT2D eigenvalue weighted by Gasteiger charge is 2.21. The molecule has 0 aliphatic rings. The first-order valence-corrected chi connectivity index (χ1v) is 9.51. The van der Waals surface area contributed by atoms with Crippen LogP contribution in [0.2, 0.25) is 20.2 Å². The maximum atomic E-state index is 13.8. The molecule has 1 amide bonds. The van der Waals surface area contributed by atoms with E-state index in [0.717, 1.165) is 11.3 Å². The summed E-state index contributed by atoms with van der Waals surface area (Å²) in [6.45, 7) is 0. The number of pyridine rings is 1. The lowest BCUT2D eigenvalue weighted by molar-refractivity contribution is 0.102. The lowest BCUT2D eigenvalue weighted by Gasteiger charge is -2.07. The van der Waals surface area contributed by atoms with Crippen LogP contribution in [-0.2, 0) is 0 Å². The maximum Gasteiger partial charge on any atom is 0.277 e. The molecule has 0 saturated carbocycles. The number of methoxy groups -OCH3 is 1. The van der Waals surface area contributed by atoms with E-state index in [2.05, 4.69) is 15.3 Å². The zero-order chi connectivity index (χ0) is 19.7. The van der Waals surface area contributed by atoms with Crippen molar-refractivity contribution in [1.82, 2.24) is 9.97 Å². The van der Waals surface area contributed by atoms with Gasteiger partial charge in [-0.2, -0.15) is 0 Å². The number of thiazole rings is 1. The Morgan fingerprint density at radius 3 is 2.56 bits per heavy atom. The van der Waals surface area contributed by atoms with E-state index in [0.29, 0.717) is 11.3 Å². The van der Waals surface area contributed by atoms with Crippen molar-refractivity contribution in [2.45, 2.75) is 0 Å². The molecule has 0 saturated heterocycles. The minimum atomic E-state index is -0.665. The third-order valence-corrected chi connectivity index (χ3v) is 5.81. The van der Waals surface area contributed by atoms with Crippen molar-refractivity contribution in [3.8, 4) is 17.0 Å². The highest BCUT2D eigenvalue weighted by molar-refractivity contribution is 7.14. The Morgan fingerprint density at radius 1 is 1.15 bits per heavy atom. The largest absolute Gasteiger partial charge is 0.494 e. The summed E-state index contributed by atoms with van der Waals surface area (Å²) in [6.07, 6.45) is 0. The van der Waals surface area contributed by atoms with E-state index in [1.165, 1.54) is 19.2 Å². The van der Waals surface area contributed by atoms with Gasteiger partial charge in [-0.3, -0.25) is 10.1 Å². The smallest absolute Gasteiger partial charge is 0.277 e. The van der Waals surface area contributed by atoms with Crippen LogP contribution in [0.25, 0.3) is 11.3 Å². The van der Waals surface area contributed by atoms with Crippen LogP contribution >= 0.6 is 57.7 Å². The molecule has 3 aromatic rings. The lowest BCUT2D eigenvalue weighted by Crippen LogP contribution is -2.14. The van der Waals surface area contributed by atoms with Gasteiger partial charge in [0.1, 0.15) is 5.15 Å². The average molecular weight is 467 g/mol. The molecule has 5 nitrogen and oxygen atoms in total. The second-order valence-electron chi connectivity index (χ2n) is 5.03. The molecule has 0 radical (unpaired) electrons. The Bertz CT molecular complexity index is 1040. The van der Waals surface area contributed by atoms with Crippen molar-refractivity contribution in [3.63, 3.8) is 0 Å². The zero-order valence-corrected chi connectivity index (χ0v) is 17.2. The van der Waals surface area contributed by atoms with Gasteiger partial charge in [-0.15, -0.1) is 11.3 Å². The summed E-state index contributed by atoms with van der Waals surface area (Å²) < 4.78 is 18.7. The molecule has 1 N–H and O–H groups in total. The molecule has 0 spiro atoms. The standard InChI is InChI=1S/C16H8Cl4FN3O2S/c1-26-9-3-2-6(4-7(9)21)8-5-27-16(22-8)24-15(25)13-11(18)10(17)12(19)14(20)23-13/h2-5H,1H3,(H,22,24,25). The van der Waals surface area contributed by atoms with Gasteiger partial charge in [-0.05, 0) is 18.2 Å². The molecule has 0 fully saturated rings. The van der Waals surface area contributed by atoms with E-state index in [-0.39, 0.29) is 36.8 Å². The number of carbonyl (C=O) groups is 1. The Balaban J connectivity index is 1.84. The van der Waals surface area contributed by atoms with Gasteiger partial charge in [-0.1, -0.05) is 46.4 Å². The van der Waals surface area contributed by atoms with Crippen LogP contribution in [-0.4, -0.2) is 23.0 Å². The molecule has 3 rings (SSSR count). The molecular weight excluding hydrogens is 459 g/mol. The van der Waals surface area contributed by atoms with Crippen LogP contribution in [0.3, 0.4) is 0 Å². The van der Waals surface area contributed by atoms with Crippen LogP contribution < -0.4 is 10.1 Å². The monoisotopic (exact) mass is 465 g/mol. The number of nitrogens with one attached hydrogen (secondary N) is 1. The first kappa shape index (κ1) is 20.1. The number of hydrogen-bond acceptors (Lipinski definition) is 5. The number of hydrogen-bond donors (Lipinski definition) is 1. The first-order chi connectivity index (χ1) is 12.8. The van der Waals surface area contributed by atoms with Crippen molar-refractivity contribution in [3.05, 3.63) is 55.3 Å². The number of carbonyl (C=O) groups excluding carboxylic acids is 1. The normalized spacial score (nSPS) is 10.7. The molecular formula is C16H8Cl4FN3O2S. The third kappa shape index (κ3) is 4.12. The quantitative estimate of drug-likeness (QED) is 0.463. The lowest BCUT2D eigenvalue weighted by atomic mass is 10.1. The molecule has 0 bridgehead atoms. The van der Waals surface area contributed by atoms with E-state index in [1.54, 1.807) is 11.4 Å². The number of nitrogens with zero attached hydrogens (tertiary/aromatic N) is 2. The first-order valence-electron chi connectivity index (χ1n) is 7.12. The average Bonchev–Trinajstić information content (AvgIpc) is 3.11. The topological polar surface area (TPSA) is 64.1 Å². The van der Waals surface area contributed by atoms with Crippen LogP contribution in [0.5, 0.6) is 5.75 Å². The second-order valence-corrected chi connectivity index (χ2v) is 7.38. The van der Waals surface area contributed by atoms with Crippen molar-refractivity contribution in [1.29, 1.82) is 0 Å². The number of amides is 1. The van der Waals surface area contributed by atoms with Gasteiger partial charge in [0.05, 0.1) is 27.9 Å². The van der Waals surface area contributed by atoms with Crippen LogP contribution in [0, 0.1) is 5.82 Å². The number of rotatable bonds is 4. The van der Waals surface area contributed by atoms with E-state index in [1.807, 2.05) is 0 Å². The SMILES string of the molecule is COc1ccc(-c2csc(NC(=O)c3nc(Cl)c(Cl)c(Cl)c3Cl)n2)cc1F. The third-order valence-electron chi connectivity index (χ3n) is 3.37. The summed E-state index contributed by atoms with van der Waals surface area (Å²) in [5, 5.41) is 4.07. The summed E-state index contributed by atoms with van der Waals surface area (Å²) in [5.41, 5.74) is 0.810. The Kier molecular flexibility index (Phi) is 6.08. The maximum absolute atomic E-state index is 13.8. The minimum Gasteiger partial charge on any atom is -0.494 e. The molecule has 11 heteroatoms. The number of ether oxygens (including phenoxy) is 1. The fourth-order valence-electron chi connectivity index (χ4n) is 2.08.